The highest BCUT2D eigenvalue weighted by atomic mass is 35.5. The molecule has 1 atom stereocenters. The topological polar surface area (TPSA) is 86.8 Å². The van der Waals surface area contributed by atoms with Crippen LogP contribution in [0.4, 0.5) is 5.69 Å². The van der Waals surface area contributed by atoms with Gasteiger partial charge < -0.3 is 10.2 Å². The Morgan fingerprint density at radius 2 is 1.44 bits per heavy atom. The third kappa shape index (κ3) is 8.16. The molecule has 0 saturated carbocycles. The molecule has 0 aliphatic rings. The second kappa shape index (κ2) is 14.6. The average Bonchev–Trinajstić information content (AvgIpc) is 3.00. The Labute approximate surface area is 263 Å². The number of anilines is 1. The first-order chi connectivity index (χ1) is 20.6. The van der Waals surface area contributed by atoms with Crippen molar-refractivity contribution in [1.29, 1.82) is 0 Å². The second-order valence-electron chi connectivity index (χ2n) is 10.0. The minimum Gasteiger partial charge on any atom is -0.355 e. The Balaban J connectivity index is 1.82. The molecule has 4 aromatic rings. The predicted octanol–water partition coefficient (Wildman–Crippen LogP) is 6.27. The number of likely N-dealkylation sites (N-methyl/N-ethyl adjacent to an activating group) is 1. The number of halogens is 2. The van der Waals surface area contributed by atoms with Crippen molar-refractivity contribution < 1.29 is 18.0 Å². The summed E-state index contributed by atoms with van der Waals surface area (Å²) in [6, 6.07) is 28.2. The van der Waals surface area contributed by atoms with Crippen molar-refractivity contribution in [2.75, 3.05) is 17.4 Å². The van der Waals surface area contributed by atoms with Gasteiger partial charge in [-0.05, 0) is 66.9 Å². The third-order valence-electron chi connectivity index (χ3n) is 6.91. The summed E-state index contributed by atoms with van der Waals surface area (Å²) in [5.41, 5.74) is 2.43. The average molecular weight is 639 g/mol. The van der Waals surface area contributed by atoms with E-state index >= 15 is 0 Å². The van der Waals surface area contributed by atoms with Crippen molar-refractivity contribution in [2.24, 2.45) is 0 Å². The van der Waals surface area contributed by atoms with Gasteiger partial charge in [-0.25, -0.2) is 8.42 Å². The van der Waals surface area contributed by atoms with Crippen LogP contribution in [0.1, 0.15) is 23.6 Å². The predicted molar refractivity (Wildman–Crippen MR) is 172 cm³/mol. The van der Waals surface area contributed by atoms with Gasteiger partial charge in [0.15, 0.2) is 0 Å². The molecule has 7 nitrogen and oxygen atoms in total. The minimum absolute atomic E-state index is 0.0214. The van der Waals surface area contributed by atoms with Crippen LogP contribution in [-0.4, -0.2) is 44.3 Å². The van der Waals surface area contributed by atoms with Crippen LogP contribution < -0.4 is 9.62 Å². The van der Waals surface area contributed by atoms with Gasteiger partial charge in [-0.3, -0.25) is 13.9 Å². The highest BCUT2D eigenvalue weighted by Gasteiger charge is 2.35. The fourth-order valence-electron chi connectivity index (χ4n) is 4.76. The van der Waals surface area contributed by atoms with Gasteiger partial charge in [0.2, 0.25) is 11.8 Å². The Morgan fingerprint density at radius 3 is 2.09 bits per heavy atom. The number of nitrogens with zero attached hydrogens (tertiary/aromatic N) is 2. The van der Waals surface area contributed by atoms with E-state index < -0.39 is 28.5 Å². The lowest BCUT2D eigenvalue weighted by Gasteiger charge is -2.34. The smallest absolute Gasteiger partial charge is 0.264 e. The van der Waals surface area contributed by atoms with Crippen LogP contribution >= 0.6 is 23.2 Å². The number of aryl methyl sites for hydroxylation is 1. The Morgan fingerprint density at radius 1 is 0.814 bits per heavy atom. The Bertz CT molecular complexity index is 1670. The summed E-state index contributed by atoms with van der Waals surface area (Å²) in [6.07, 6.45) is 0.223. The van der Waals surface area contributed by atoms with E-state index in [0.29, 0.717) is 27.7 Å². The van der Waals surface area contributed by atoms with Crippen LogP contribution in [0, 0.1) is 6.92 Å². The lowest BCUT2D eigenvalue weighted by Crippen LogP contribution is -2.53. The van der Waals surface area contributed by atoms with Gasteiger partial charge in [0, 0.05) is 29.6 Å². The number of benzene rings is 4. The van der Waals surface area contributed by atoms with Gasteiger partial charge in [0.25, 0.3) is 10.0 Å². The molecule has 0 aliphatic carbocycles. The highest BCUT2D eigenvalue weighted by Crippen LogP contribution is 2.30. The molecule has 224 valence electrons. The van der Waals surface area contributed by atoms with Crippen molar-refractivity contribution in [2.45, 2.75) is 37.8 Å². The number of hydrogen-bond acceptors (Lipinski definition) is 4. The number of amides is 2. The number of carbonyl (C=O) groups is 2. The van der Waals surface area contributed by atoms with E-state index in [2.05, 4.69) is 5.32 Å². The van der Waals surface area contributed by atoms with E-state index in [1.54, 1.807) is 62.4 Å². The summed E-state index contributed by atoms with van der Waals surface area (Å²) in [7, 11) is -4.21. The molecule has 1 N–H and O–H groups in total. The first-order valence-corrected chi connectivity index (χ1v) is 16.0. The van der Waals surface area contributed by atoms with Crippen molar-refractivity contribution in [3.05, 3.63) is 130 Å². The molecule has 0 aliphatic heterocycles. The molecule has 4 aromatic carbocycles. The molecule has 10 heteroatoms. The second-order valence-corrected chi connectivity index (χ2v) is 12.7. The summed E-state index contributed by atoms with van der Waals surface area (Å²) in [5.74, 6) is -0.913. The molecule has 0 spiro atoms. The Hall–Kier alpha value is -3.85. The molecular formula is C33H33Cl2N3O4S. The molecule has 4 rings (SSSR count). The molecule has 0 fully saturated rings. The van der Waals surface area contributed by atoms with E-state index in [4.69, 9.17) is 23.2 Å². The third-order valence-corrected chi connectivity index (χ3v) is 9.16. The summed E-state index contributed by atoms with van der Waals surface area (Å²) in [4.78, 5) is 29.4. The lowest BCUT2D eigenvalue weighted by molar-refractivity contribution is -0.140. The van der Waals surface area contributed by atoms with E-state index in [1.165, 1.54) is 23.1 Å². The van der Waals surface area contributed by atoms with E-state index in [0.717, 1.165) is 9.87 Å². The maximum Gasteiger partial charge on any atom is 0.264 e. The Kier molecular flexibility index (Phi) is 10.9. The van der Waals surface area contributed by atoms with E-state index in [-0.39, 0.29) is 29.5 Å². The summed E-state index contributed by atoms with van der Waals surface area (Å²) >= 11 is 12.6. The van der Waals surface area contributed by atoms with Crippen LogP contribution in [0.15, 0.2) is 108 Å². The van der Waals surface area contributed by atoms with Gasteiger partial charge in [0.05, 0.1) is 10.6 Å². The molecule has 0 heterocycles. The first-order valence-electron chi connectivity index (χ1n) is 13.8. The molecule has 0 bridgehead atoms. The quantitative estimate of drug-likeness (QED) is 0.198. The van der Waals surface area contributed by atoms with Crippen molar-refractivity contribution in [3.8, 4) is 0 Å². The van der Waals surface area contributed by atoms with Crippen LogP contribution in [0.2, 0.25) is 10.0 Å². The first kappa shape index (κ1) is 32.1. The number of hydrogen-bond donors (Lipinski definition) is 1. The highest BCUT2D eigenvalue weighted by molar-refractivity contribution is 7.92. The lowest BCUT2D eigenvalue weighted by atomic mass is 10.0. The number of carbonyl (C=O) groups excluding carboxylic acids is 2. The fourth-order valence-corrected chi connectivity index (χ4v) is 6.63. The standard InChI is InChI=1S/C33H33Cl2N3O4S/c1-3-36-33(40)31(20-25-11-6-4-7-12-25)37(22-26-13-10-14-27(34)19-26)32(39)23-38(30-21-28(35)18-17-24(30)2)43(41,42)29-15-8-5-9-16-29/h4-19,21,31H,3,20,22-23H2,1-2H3,(H,36,40)/t31-/m1/s1. The zero-order chi connectivity index (χ0) is 31.0. The molecule has 43 heavy (non-hydrogen) atoms. The summed E-state index contributed by atoms with van der Waals surface area (Å²) < 4.78 is 29.2. The minimum atomic E-state index is -4.21. The van der Waals surface area contributed by atoms with E-state index in [1.807, 2.05) is 36.4 Å². The number of nitrogens with one attached hydrogen (secondary N) is 1. The van der Waals surface area contributed by atoms with Crippen LogP contribution in [0.25, 0.3) is 0 Å². The number of sulfonamides is 1. The maximum absolute atomic E-state index is 14.4. The maximum atomic E-state index is 14.4. The van der Waals surface area contributed by atoms with Gasteiger partial charge in [-0.15, -0.1) is 0 Å². The monoisotopic (exact) mass is 637 g/mol. The van der Waals surface area contributed by atoms with Crippen molar-refractivity contribution in [1.82, 2.24) is 10.2 Å². The van der Waals surface area contributed by atoms with Gasteiger partial charge in [0.1, 0.15) is 12.6 Å². The van der Waals surface area contributed by atoms with Crippen LogP contribution in [-0.2, 0) is 32.6 Å². The number of rotatable bonds is 12. The van der Waals surface area contributed by atoms with Gasteiger partial charge >= 0.3 is 0 Å². The molecule has 0 aromatic heterocycles. The zero-order valence-corrected chi connectivity index (χ0v) is 26.2. The molecule has 0 unspecified atom stereocenters. The van der Waals surface area contributed by atoms with Gasteiger partial charge in [-0.2, -0.15) is 0 Å². The molecule has 0 saturated heterocycles. The molecule has 2 amide bonds. The largest absolute Gasteiger partial charge is 0.355 e. The van der Waals surface area contributed by atoms with Crippen molar-refractivity contribution >= 4 is 50.7 Å². The fraction of sp³-hybridized carbons (Fsp3) is 0.212. The van der Waals surface area contributed by atoms with E-state index in [9.17, 15) is 18.0 Å². The SMILES string of the molecule is CCNC(=O)[C@@H](Cc1ccccc1)N(Cc1cccc(Cl)c1)C(=O)CN(c1cc(Cl)ccc1C)S(=O)(=O)c1ccccc1. The normalized spacial score (nSPS) is 11.9. The van der Waals surface area contributed by atoms with Crippen LogP contribution in [0.3, 0.4) is 0 Å². The molecular weight excluding hydrogens is 605 g/mol. The van der Waals surface area contributed by atoms with Crippen LogP contribution in [0.5, 0.6) is 0 Å². The van der Waals surface area contributed by atoms with Gasteiger partial charge in [-0.1, -0.05) is 89.9 Å². The summed E-state index contributed by atoms with van der Waals surface area (Å²) in [5, 5.41) is 3.65. The van der Waals surface area contributed by atoms with Crippen molar-refractivity contribution in [3.63, 3.8) is 0 Å². The molecule has 0 radical (unpaired) electrons. The summed E-state index contributed by atoms with van der Waals surface area (Å²) in [6.45, 7) is 3.38. The zero-order valence-electron chi connectivity index (χ0n) is 23.9.